The Bertz CT molecular complexity index is 930. The minimum atomic E-state index is -0.533. The first kappa shape index (κ1) is 23.4. The van der Waals surface area contributed by atoms with E-state index in [1.54, 1.807) is 12.0 Å². The maximum Gasteiger partial charge on any atom is 0.242 e. The molecule has 172 valence electrons. The largest absolute Gasteiger partial charge is 0.497 e. The van der Waals surface area contributed by atoms with Gasteiger partial charge >= 0.3 is 0 Å². The second kappa shape index (κ2) is 11.4. The highest BCUT2D eigenvalue weighted by Crippen LogP contribution is 2.31. The number of hydrogen-bond acceptors (Lipinski definition) is 5. The first-order chi connectivity index (χ1) is 15.5. The molecule has 7 heteroatoms. The number of benzene rings is 2. The van der Waals surface area contributed by atoms with Crippen molar-refractivity contribution in [1.82, 2.24) is 10.2 Å². The van der Waals surface area contributed by atoms with Crippen molar-refractivity contribution in [3.05, 3.63) is 53.6 Å². The number of likely N-dealkylation sites (N-methyl/N-ethyl adjacent to an activating group) is 1. The van der Waals surface area contributed by atoms with Crippen LogP contribution in [0.1, 0.15) is 37.8 Å². The summed E-state index contributed by atoms with van der Waals surface area (Å²) in [6, 6.07) is 12.8. The van der Waals surface area contributed by atoms with Gasteiger partial charge in [-0.25, -0.2) is 0 Å². The lowest BCUT2D eigenvalue weighted by atomic mass is 10.1. The fourth-order valence-electron chi connectivity index (χ4n) is 3.82. The number of ether oxygens (including phenoxy) is 3. The van der Waals surface area contributed by atoms with Gasteiger partial charge in [-0.1, -0.05) is 25.1 Å². The molecule has 1 aliphatic heterocycles. The van der Waals surface area contributed by atoms with Crippen molar-refractivity contribution in [3.8, 4) is 17.2 Å². The summed E-state index contributed by atoms with van der Waals surface area (Å²) in [5, 5.41) is 2.86. The summed E-state index contributed by atoms with van der Waals surface area (Å²) in [5.74, 6) is 1.96. The maximum atomic E-state index is 13.3. The highest BCUT2D eigenvalue weighted by atomic mass is 16.6. The van der Waals surface area contributed by atoms with Crippen LogP contribution >= 0.6 is 0 Å². The van der Waals surface area contributed by atoms with Crippen LogP contribution in [0, 0.1) is 0 Å². The Morgan fingerprint density at radius 2 is 1.84 bits per heavy atom. The predicted molar refractivity (Wildman–Crippen MR) is 122 cm³/mol. The van der Waals surface area contributed by atoms with Crippen LogP contribution in [-0.2, 0) is 22.6 Å². The van der Waals surface area contributed by atoms with Crippen LogP contribution in [-0.4, -0.2) is 49.6 Å². The highest BCUT2D eigenvalue weighted by molar-refractivity contribution is 5.87. The Morgan fingerprint density at radius 3 is 2.56 bits per heavy atom. The number of carbonyl (C=O) groups excluding carboxylic acids is 2. The molecule has 1 heterocycles. The van der Waals surface area contributed by atoms with Crippen molar-refractivity contribution in [2.75, 3.05) is 26.9 Å². The lowest BCUT2D eigenvalue weighted by Crippen LogP contribution is -2.49. The molecule has 1 aliphatic rings. The van der Waals surface area contributed by atoms with Gasteiger partial charge in [0.05, 0.1) is 7.11 Å². The van der Waals surface area contributed by atoms with E-state index in [9.17, 15) is 9.59 Å². The van der Waals surface area contributed by atoms with Crippen LogP contribution in [0.2, 0.25) is 0 Å². The Balaban J connectivity index is 1.76. The number of aryl methyl sites for hydroxylation is 1. The molecule has 7 nitrogen and oxygen atoms in total. The van der Waals surface area contributed by atoms with Crippen molar-refractivity contribution < 1.29 is 23.8 Å². The number of methoxy groups -OCH3 is 1. The lowest BCUT2D eigenvalue weighted by molar-refractivity contribution is -0.141. The van der Waals surface area contributed by atoms with E-state index in [2.05, 4.69) is 5.32 Å². The summed E-state index contributed by atoms with van der Waals surface area (Å²) in [5.41, 5.74) is 1.91. The second-order valence-corrected chi connectivity index (χ2v) is 7.67. The molecule has 2 aromatic carbocycles. The van der Waals surface area contributed by atoms with Crippen LogP contribution in [0.3, 0.4) is 0 Å². The molecule has 0 saturated heterocycles. The number of nitrogens with one attached hydrogen (secondary N) is 1. The van der Waals surface area contributed by atoms with Gasteiger partial charge in [-0.2, -0.15) is 0 Å². The van der Waals surface area contributed by atoms with E-state index in [1.165, 1.54) is 0 Å². The molecule has 0 aromatic heterocycles. The van der Waals surface area contributed by atoms with Gasteiger partial charge in [0.15, 0.2) is 11.5 Å². The maximum absolute atomic E-state index is 13.3. The van der Waals surface area contributed by atoms with E-state index in [0.717, 1.165) is 22.6 Å². The molecular weight excluding hydrogens is 408 g/mol. The van der Waals surface area contributed by atoms with E-state index in [-0.39, 0.29) is 11.8 Å². The molecule has 2 aromatic rings. The highest BCUT2D eigenvalue weighted by Gasteiger charge is 2.28. The summed E-state index contributed by atoms with van der Waals surface area (Å²) in [4.78, 5) is 27.7. The minimum absolute atomic E-state index is 0.0687. The van der Waals surface area contributed by atoms with Crippen LogP contribution in [0.15, 0.2) is 42.5 Å². The number of carbonyl (C=O) groups is 2. The zero-order valence-corrected chi connectivity index (χ0v) is 19.1. The van der Waals surface area contributed by atoms with Gasteiger partial charge in [0.25, 0.3) is 0 Å². The van der Waals surface area contributed by atoms with Gasteiger partial charge in [-0.05, 0) is 55.2 Å². The third kappa shape index (κ3) is 5.93. The third-order valence-electron chi connectivity index (χ3n) is 5.46. The van der Waals surface area contributed by atoms with Gasteiger partial charge in [0.2, 0.25) is 11.8 Å². The van der Waals surface area contributed by atoms with Gasteiger partial charge in [0.1, 0.15) is 25.0 Å². The Labute approximate surface area is 189 Å². The Morgan fingerprint density at radius 1 is 1.06 bits per heavy atom. The summed E-state index contributed by atoms with van der Waals surface area (Å²) in [6.45, 7) is 5.73. The number of rotatable bonds is 10. The molecule has 1 N–H and O–H groups in total. The van der Waals surface area contributed by atoms with E-state index in [0.29, 0.717) is 51.3 Å². The molecule has 0 spiro atoms. The normalized spacial score (nSPS) is 13.2. The number of nitrogens with zero attached hydrogens (tertiary/aromatic N) is 1. The number of hydrogen-bond donors (Lipinski definition) is 1. The van der Waals surface area contributed by atoms with Crippen LogP contribution < -0.4 is 19.5 Å². The molecule has 0 bridgehead atoms. The minimum Gasteiger partial charge on any atom is -0.497 e. The Hall–Kier alpha value is -3.22. The van der Waals surface area contributed by atoms with Crippen LogP contribution in [0.4, 0.5) is 0 Å². The van der Waals surface area contributed by atoms with Crippen LogP contribution in [0.5, 0.6) is 17.2 Å². The lowest BCUT2D eigenvalue weighted by Gasteiger charge is -2.30. The van der Waals surface area contributed by atoms with E-state index >= 15 is 0 Å². The molecule has 3 rings (SSSR count). The molecule has 0 fully saturated rings. The van der Waals surface area contributed by atoms with E-state index in [4.69, 9.17) is 14.2 Å². The zero-order valence-electron chi connectivity index (χ0n) is 19.1. The zero-order chi connectivity index (χ0) is 22.9. The van der Waals surface area contributed by atoms with Gasteiger partial charge in [0, 0.05) is 19.5 Å². The molecular formula is C25H32N2O5. The third-order valence-corrected chi connectivity index (χ3v) is 5.46. The summed E-state index contributed by atoms with van der Waals surface area (Å²) in [7, 11) is 1.61. The van der Waals surface area contributed by atoms with E-state index in [1.807, 2.05) is 56.3 Å². The summed E-state index contributed by atoms with van der Waals surface area (Å²) < 4.78 is 16.5. The standard InChI is InChI=1S/C25H32N2O5/c1-4-21(25(29)26-5-2)27(17-19-7-6-8-20(15-19)30-3)24(28)12-10-18-9-11-22-23(16-18)32-14-13-31-22/h6-9,11,15-16,21H,4-5,10,12-14,17H2,1-3H3,(H,26,29)/t21-/m1/s1. The van der Waals surface area contributed by atoms with Crippen molar-refractivity contribution in [3.63, 3.8) is 0 Å². The molecule has 32 heavy (non-hydrogen) atoms. The molecule has 0 radical (unpaired) electrons. The predicted octanol–water partition coefficient (Wildman–Crippen LogP) is 3.34. The van der Waals surface area contributed by atoms with Gasteiger partial charge < -0.3 is 24.4 Å². The molecule has 0 aliphatic carbocycles. The average molecular weight is 441 g/mol. The van der Waals surface area contributed by atoms with Gasteiger partial charge in [-0.3, -0.25) is 9.59 Å². The van der Waals surface area contributed by atoms with Crippen molar-refractivity contribution in [2.45, 2.75) is 45.7 Å². The topological polar surface area (TPSA) is 77.1 Å². The van der Waals surface area contributed by atoms with E-state index < -0.39 is 6.04 Å². The summed E-state index contributed by atoms with van der Waals surface area (Å²) in [6.07, 6.45) is 1.38. The van der Waals surface area contributed by atoms with Crippen LogP contribution in [0.25, 0.3) is 0 Å². The first-order valence-electron chi connectivity index (χ1n) is 11.1. The summed E-state index contributed by atoms with van der Waals surface area (Å²) >= 11 is 0. The second-order valence-electron chi connectivity index (χ2n) is 7.67. The van der Waals surface area contributed by atoms with Crippen molar-refractivity contribution in [1.29, 1.82) is 0 Å². The smallest absolute Gasteiger partial charge is 0.242 e. The SMILES string of the molecule is CCNC(=O)[C@@H](CC)N(Cc1cccc(OC)c1)C(=O)CCc1ccc2c(c1)OCCO2. The van der Waals surface area contributed by atoms with Crippen molar-refractivity contribution >= 4 is 11.8 Å². The average Bonchev–Trinajstić information content (AvgIpc) is 2.82. The van der Waals surface area contributed by atoms with Crippen molar-refractivity contribution in [2.24, 2.45) is 0 Å². The monoisotopic (exact) mass is 440 g/mol. The Kier molecular flexibility index (Phi) is 8.36. The first-order valence-corrected chi connectivity index (χ1v) is 11.1. The fourth-order valence-corrected chi connectivity index (χ4v) is 3.82. The number of amides is 2. The molecule has 0 saturated carbocycles. The molecule has 2 amide bonds. The quantitative estimate of drug-likeness (QED) is 0.613. The molecule has 1 atom stereocenters. The van der Waals surface area contributed by atoms with Gasteiger partial charge in [-0.15, -0.1) is 0 Å². The molecule has 0 unspecified atom stereocenters. The number of fused-ring (bicyclic) bond motifs is 1. The fraction of sp³-hybridized carbons (Fsp3) is 0.440.